The Bertz CT molecular complexity index is 1180. The zero-order valence-electron chi connectivity index (χ0n) is 13.8. The lowest BCUT2D eigenvalue weighted by atomic mass is 10.1. The fourth-order valence-electron chi connectivity index (χ4n) is 2.96. The molecule has 0 saturated heterocycles. The fraction of sp³-hybridized carbons (Fsp3) is 0.267. The van der Waals surface area contributed by atoms with Crippen LogP contribution in [0.15, 0.2) is 15.5 Å². The van der Waals surface area contributed by atoms with Crippen molar-refractivity contribution in [3.05, 3.63) is 33.7 Å². The zero-order valence-corrected chi connectivity index (χ0v) is 13.8. The summed E-state index contributed by atoms with van der Waals surface area (Å²) in [5.74, 6) is 0.264. The van der Waals surface area contributed by atoms with E-state index in [9.17, 15) is 9.59 Å². The lowest BCUT2D eigenvalue weighted by Crippen LogP contribution is -2.16. The Kier molecular flexibility index (Phi) is 3.20. The first-order chi connectivity index (χ1) is 12.0. The number of nitrogens with zero attached hydrogens (tertiary/aromatic N) is 4. The average Bonchev–Trinajstić information content (AvgIpc) is 3.22. The minimum Gasteiger partial charge on any atom is -0.442 e. The van der Waals surface area contributed by atoms with Crippen molar-refractivity contribution < 1.29 is 9.21 Å². The molecule has 10 heteroatoms. The average molecular weight is 341 g/mol. The summed E-state index contributed by atoms with van der Waals surface area (Å²) in [6.45, 7) is 3.58. The number of nitrogens with one attached hydrogen (secondary N) is 3. The molecule has 4 aromatic rings. The number of amides is 1. The first-order valence-electron chi connectivity index (χ1n) is 7.69. The quantitative estimate of drug-likeness (QED) is 0.513. The zero-order chi connectivity index (χ0) is 17.7. The van der Waals surface area contributed by atoms with Crippen molar-refractivity contribution in [3.8, 4) is 0 Å². The number of H-pyrrole nitrogens is 2. The molecule has 3 N–H and O–H groups in total. The Morgan fingerprint density at radius 1 is 1.40 bits per heavy atom. The van der Waals surface area contributed by atoms with Gasteiger partial charge in [-0.15, -0.1) is 0 Å². The number of aromatic nitrogens is 6. The van der Waals surface area contributed by atoms with Gasteiger partial charge in [0, 0.05) is 7.05 Å². The predicted molar refractivity (Wildman–Crippen MR) is 89.6 cm³/mol. The minimum atomic E-state index is -0.480. The number of carbonyl (C=O) groups excluding carboxylic acids is 1. The molecule has 0 fully saturated rings. The van der Waals surface area contributed by atoms with Crippen LogP contribution in [0.4, 0.5) is 5.82 Å². The molecular weight excluding hydrogens is 326 g/mol. The highest BCUT2D eigenvalue weighted by Gasteiger charge is 2.24. The van der Waals surface area contributed by atoms with Gasteiger partial charge in [-0.2, -0.15) is 10.2 Å². The van der Waals surface area contributed by atoms with E-state index in [-0.39, 0.29) is 16.7 Å². The number of anilines is 1. The molecule has 10 nitrogen and oxygen atoms in total. The molecule has 4 rings (SSSR count). The maximum atomic E-state index is 12.8. The Labute approximate surface area is 140 Å². The number of rotatable bonds is 3. The molecule has 0 bridgehead atoms. The molecule has 128 valence electrons. The Morgan fingerprint density at radius 3 is 2.96 bits per heavy atom. The monoisotopic (exact) mass is 341 g/mol. The molecule has 0 aliphatic carbocycles. The van der Waals surface area contributed by atoms with Gasteiger partial charge in [-0.1, -0.05) is 6.92 Å². The predicted octanol–water partition coefficient (Wildman–Crippen LogP) is 1.25. The molecule has 0 atom stereocenters. The van der Waals surface area contributed by atoms with Gasteiger partial charge in [-0.05, 0) is 13.3 Å². The maximum absolute atomic E-state index is 12.8. The summed E-state index contributed by atoms with van der Waals surface area (Å²) in [6.07, 6.45) is 1.92. The van der Waals surface area contributed by atoms with Crippen molar-refractivity contribution in [1.82, 2.24) is 29.9 Å². The van der Waals surface area contributed by atoms with E-state index in [1.54, 1.807) is 18.7 Å². The third kappa shape index (κ3) is 2.14. The second kappa shape index (κ2) is 5.30. The van der Waals surface area contributed by atoms with Gasteiger partial charge in [0.2, 0.25) is 5.71 Å². The molecule has 1 amide bonds. The molecule has 0 aliphatic rings. The summed E-state index contributed by atoms with van der Waals surface area (Å²) in [5.41, 5.74) is 1.29. The summed E-state index contributed by atoms with van der Waals surface area (Å²) in [4.78, 5) is 31.3. The third-order valence-corrected chi connectivity index (χ3v) is 4.08. The van der Waals surface area contributed by atoms with Crippen LogP contribution in [0.5, 0.6) is 0 Å². The number of hydrogen-bond acceptors (Lipinski definition) is 6. The Balaban J connectivity index is 1.82. The molecule has 0 aromatic carbocycles. The van der Waals surface area contributed by atoms with Crippen molar-refractivity contribution in [2.24, 2.45) is 7.05 Å². The van der Waals surface area contributed by atoms with Crippen LogP contribution in [-0.4, -0.2) is 35.9 Å². The number of furan rings is 1. The van der Waals surface area contributed by atoms with Crippen LogP contribution in [-0.2, 0) is 13.5 Å². The molecule has 0 radical (unpaired) electrons. The van der Waals surface area contributed by atoms with Crippen LogP contribution in [0.25, 0.3) is 22.1 Å². The molecule has 4 aromatic heterocycles. The van der Waals surface area contributed by atoms with Crippen molar-refractivity contribution >= 4 is 33.9 Å². The van der Waals surface area contributed by atoms with Gasteiger partial charge in [0.05, 0.1) is 23.0 Å². The van der Waals surface area contributed by atoms with Crippen molar-refractivity contribution in [2.75, 3.05) is 5.32 Å². The number of fused-ring (bicyclic) bond motifs is 2. The van der Waals surface area contributed by atoms with E-state index < -0.39 is 11.5 Å². The van der Waals surface area contributed by atoms with E-state index in [1.807, 2.05) is 6.92 Å². The second-order valence-corrected chi connectivity index (χ2v) is 5.62. The first-order valence-corrected chi connectivity index (χ1v) is 7.69. The van der Waals surface area contributed by atoms with E-state index in [1.165, 1.54) is 6.33 Å². The highest BCUT2D eigenvalue weighted by Crippen LogP contribution is 2.26. The van der Waals surface area contributed by atoms with E-state index in [0.29, 0.717) is 23.6 Å². The van der Waals surface area contributed by atoms with E-state index in [4.69, 9.17) is 4.42 Å². The maximum Gasteiger partial charge on any atom is 0.262 e. The van der Waals surface area contributed by atoms with Crippen molar-refractivity contribution in [1.29, 1.82) is 0 Å². The van der Waals surface area contributed by atoms with Gasteiger partial charge in [0.25, 0.3) is 11.5 Å². The lowest BCUT2D eigenvalue weighted by Gasteiger charge is -2.02. The van der Waals surface area contributed by atoms with E-state index >= 15 is 0 Å². The van der Waals surface area contributed by atoms with Gasteiger partial charge in [0.15, 0.2) is 5.65 Å². The van der Waals surface area contributed by atoms with Crippen LogP contribution < -0.4 is 10.9 Å². The minimum absolute atomic E-state index is 0.121. The molecule has 4 heterocycles. The molecule has 0 aliphatic heterocycles. The van der Waals surface area contributed by atoms with Crippen LogP contribution >= 0.6 is 0 Å². The van der Waals surface area contributed by atoms with Crippen LogP contribution in [0, 0.1) is 6.92 Å². The summed E-state index contributed by atoms with van der Waals surface area (Å²) in [7, 11) is 1.78. The van der Waals surface area contributed by atoms with Gasteiger partial charge in [-0.3, -0.25) is 14.7 Å². The molecular formula is C15H15N7O3. The fourth-order valence-corrected chi connectivity index (χ4v) is 2.96. The highest BCUT2D eigenvalue weighted by atomic mass is 16.3. The van der Waals surface area contributed by atoms with E-state index in [2.05, 4.69) is 30.6 Å². The summed E-state index contributed by atoms with van der Waals surface area (Å²) in [5, 5.41) is 15.0. The number of hydrogen-bond donors (Lipinski definition) is 3. The van der Waals surface area contributed by atoms with Gasteiger partial charge >= 0.3 is 0 Å². The SMILES string of the molecule is CCc1nn(C)c2n[nH]c(NC(=O)c3c(C)oc4nc[nH]c(=O)c34)c12. The molecule has 0 saturated carbocycles. The van der Waals surface area contributed by atoms with Crippen LogP contribution in [0.1, 0.15) is 28.7 Å². The van der Waals surface area contributed by atoms with Crippen LogP contribution in [0.2, 0.25) is 0 Å². The summed E-state index contributed by atoms with van der Waals surface area (Å²) in [6, 6.07) is 0. The number of carbonyl (C=O) groups is 1. The van der Waals surface area contributed by atoms with Crippen molar-refractivity contribution in [3.63, 3.8) is 0 Å². The second-order valence-electron chi connectivity index (χ2n) is 5.62. The first kappa shape index (κ1) is 15.1. The summed E-state index contributed by atoms with van der Waals surface area (Å²) < 4.78 is 7.07. The Hall–Kier alpha value is -3.43. The topological polar surface area (TPSA) is 134 Å². The lowest BCUT2D eigenvalue weighted by molar-refractivity contribution is 0.102. The standard InChI is InChI=1S/C15H15N7O3/c1-4-7-9-11(19-20-12(9)22(3)21-7)18-14(24)8-6(2)25-15-10(8)13(23)16-5-17-15/h5H,4H2,1-3H3,(H,16,17,23)(H2,18,19,20,24). The smallest absolute Gasteiger partial charge is 0.262 e. The number of aryl methyl sites for hydroxylation is 3. The Morgan fingerprint density at radius 2 is 2.20 bits per heavy atom. The third-order valence-electron chi connectivity index (χ3n) is 4.08. The van der Waals surface area contributed by atoms with Crippen LogP contribution in [0.3, 0.4) is 0 Å². The summed E-state index contributed by atoms with van der Waals surface area (Å²) >= 11 is 0. The molecule has 0 spiro atoms. The molecule has 25 heavy (non-hydrogen) atoms. The largest absolute Gasteiger partial charge is 0.442 e. The molecule has 0 unspecified atom stereocenters. The van der Waals surface area contributed by atoms with Gasteiger partial charge in [-0.25, -0.2) is 9.67 Å². The van der Waals surface area contributed by atoms with Crippen molar-refractivity contribution in [2.45, 2.75) is 20.3 Å². The highest BCUT2D eigenvalue weighted by molar-refractivity contribution is 6.14. The number of aromatic amines is 2. The van der Waals surface area contributed by atoms with E-state index in [0.717, 1.165) is 11.1 Å². The van der Waals surface area contributed by atoms with Gasteiger partial charge in [0.1, 0.15) is 17.0 Å². The normalized spacial score (nSPS) is 11.5. The van der Waals surface area contributed by atoms with Gasteiger partial charge < -0.3 is 14.7 Å².